The smallest absolute Gasteiger partial charge is 0.402 e. The number of rotatable bonds is 20. The molecule has 0 aliphatic carbocycles. The van der Waals surface area contributed by atoms with Crippen molar-refractivity contribution in [1.82, 2.24) is 0 Å². The lowest BCUT2D eigenvalue weighted by molar-refractivity contribution is -0.345. The second kappa shape index (κ2) is 28.4. The van der Waals surface area contributed by atoms with E-state index in [1.165, 1.54) is 74.9 Å². The fourth-order valence-electron chi connectivity index (χ4n) is 9.76. The SMILES string of the molecule is COc1cc(C=CC(=O)O[C@H]2[C@H](O[C@@H]3[C@H](Oc4cc5c(O[C@@H]6O[C@H](CO)[C@@H](O)[C@@H](O)[C@@H]6O)cc(O)cc5[o+]c4-c4ccc(O)c(O)c4)O[C@H](COC(=O)/C=C/c4ccc(O[C@@H]5O[C@H](CO)[C@@H](O)[C@H](O)[C@@H]5O)cc4)[C@@H](O)[C@@H]3O)OC[C@@H](O)[C@@H]2O)cc(OC)c1O. The van der Waals surface area contributed by atoms with Crippen LogP contribution in [0.1, 0.15) is 11.1 Å². The van der Waals surface area contributed by atoms with Crippen molar-refractivity contribution >= 4 is 35.1 Å². The Morgan fingerprint density at radius 2 is 1.13 bits per heavy atom. The molecule has 89 heavy (non-hydrogen) atoms. The van der Waals surface area contributed by atoms with Crippen molar-refractivity contribution < 1.29 is 153 Å². The maximum absolute atomic E-state index is 13.5. The predicted octanol–water partition coefficient (Wildman–Crippen LogP) is -2.25. The van der Waals surface area contributed by atoms with E-state index < -0.39 is 178 Å². The highest BCUT2D eigenvalue weighted by molar-refractivity contribution is 5.90. The Labute approximate surface area is 502 Å². The van der Waals surface area contributed by atoms with Gasteiger partial charge in [-0.25, -0.2) is 14.0 Å². The van der Waals surface area contributed by atoms with Gasteiger partial charge in [0, 0.05) is 30.4 Å². The molecule has 0 bridgehead atoms. The Morgan fingerprint density at radius 3 is 1.75 bits per heavy atom. The molecule has 0 radical (unpaired) electrons. The van der Waals surface area contributed by atoms with Crippen molar-refractivity contribution in [2.75, 3.05) is 40.6 Å². The molecule has 4 saturated heterocycles. The largest absolute Gasteiger partial charge is 0.507 e. The number of hydrogen-bond donors (Lipinski definition) is 16. The van der Waals surface area contributed by atoms with Crippen LogP contribution in [0.3, 0.4) is 0 Å². The van der Waals surface area contributed by atoms with Gasteiger partial charge in [-0.15, -0.1) is 0 Å². The number of aromatic hydroxyl groups is 4. The average molecular weight is 1260 g/mol. The molecule has 9 rings (SSSR count). The number of aliphatic hydroxyl groups is 12. The van der Waals surface area contributed by atoms with E-state index in [1.807, 2.05) is 0 Å². The standard InChI is InChI=1S/C58H64O31/c1-77-34-13-24(14-35(78-2)43(34)68)6-12-41(66)88-53-42(67)31(64)21-80-57(53)89-54-49(74)46(71)39(22-79-40(65)11-5-23-3-8-27(9-4-23)81-55-50(75)47(72)44(69)37(19-59)85-55)87-58(54)84-36-18-28-32(82-52(36)25-7-10-29(62)30(63)15-25)16-26(61)17-33(28)83-56-51(76)48(73)45(70)38(20-60)86-56/h3-18,31,37-39,42,44-51,53-60,64,67,69-76H,19-22H2,1-2H3,(H3-,61,62,63,66,68)/p+1/b11-5+/t31-,37-,38-,39-,42+,44-,45-,46-,47+,48-,49+,50+,51+,53-,54+,55-,56-,57+,58-/m1/s1. The molecule has 1 aromatic heterocycles. The summed E-state index contributed by atoms with van der Waals surface area (Å²) >= 11 is 0. The van der Waals surface area contributed by atoms with Crippen LogP contribution in [0.5, 0.6) is 51.7 Å². The van der Waals surface area contributed by atoms with Crippen molar-refractivity contribution in [2.45, 2.75) is 117 Å². The number of carbonyl (C=O) groups is 2. The molecule has 5 aromatic rings. The first-order valence-electron chi connectivity index (χ1n) is 27.2. The van der Waals surface area contributed by atoms with Gasteiger partial charge in [0.15, 0.2) is 41.5 Å². The van der Waals surface area contributed by atoms with Gasteiger partial charge in [0.1, 0.15) is 109 Å². The van der Waals surface area contributed by atoms with E-state index in [0.717, 1.165) is 36.4 Å². The van der Waals surface area contributed by atoms with Gasteiger partial charge >= 0.3 is 23.3 Å². The van der Waals surface area contributed by atoms with E-state index in [4.69, 9.17) is 61.3 Å². The number of fused-ring (bicyclic) bond motifs is 1. The molecule has 31 heteroatoms. The van der Waals surface area contributed by atoms with Gasteiger partial charge in [-0.1, -0.05) is 12.1 Å². The third-order valence-electron chi connectivity index (χ3n) is 14.7. The van der Waals surface area contributed by atoms with Crippen molar-refractivity contribution in [3.63, 3.8) is 0 Å². The summed E-state index contributed by atoms with van der Waals surface area (Å²) in [6, 6.07) is 15.1. The van der Waals surface area contributed by atoms with Crippen LogP contribution in [-0.2, 0) is 42.7 Å². The highest BCUT2D eigenvalue weighted by Gasteiger charge is 2.53. The molecule has 0 unspecified atom stereocenters. The molecule has 0 saturated carbocycles. The van der Waals surface area contributed by atoms with Crippen molar-refractivity contribution in [3.8, 4) is 63.1 Å². The third-order valence-corrected chi connectivity index (χ3v) is 14.7. The first-order valence-corrected chi connectivity index (χ1v) is 27.2. The number of carbonyl (C=O) groups excluding carboxylic acids is 2. The van der Waals surface area contributed by atoms with Crippen LogP contribution in [0.4, 0.5) is 0 Å². The minimum atomic E-state index is -2.18. The Hall–Kier alpha value is -7.77. The predicted molar refractivity (Wildman–Crippen MR) is 294 cm³/mol. The molecule has 4 aromatic carbocycles. The molecule has 0 spiro atoms. The number of ether oxygens (including phenoxy) is 12. The zero-order valence-electron chi connectivity index (χ0n) is 46.8. The monoisotopic (exact) mass is 1260 g/mol. The van der Waals surface area contributed by atoms with Crippen LogP contribution >= 0.6 is 0 Å². The lowest BCUT2D eigenvalue weighted by Gasteiger charge is -2.45. The zero-order chi connectivity index (χ0) is 64.1. The summed E-state index contributed by atoms with van der Waals surface area (Å²) in [6.45, 7) is -3.03. The van der Waals surface area contributed by atoms with Gasteiger partial charge in [-0.2, -0.15) is 0 Å². The lowest BCUT2D eigenvalue weighted by atomic mass is 9.98. The van der Waals surface area contributed by atoms with Crippen LogP contribution in [0.25, 0.3) is 34.4 Å². The molecule has 31 nitrogen and oxygen atoms in total. The highest BCUT2D eigenvalue weighted by atomic mass is 16.8. The number of aliphatic hydroxyl groups excluding tert-OH is 12. The summed E-state index contributed by atoms with van der Waals surface area (Å²) in [7, 11) is 2.55. The Balaban J connectivity index is 1.02. The molecular weight excluding hydrogens is 1190 g/mol. The van der Waals surface area contributed by atoms with E-state index in [2.05, 4.69) is 0 Å². The van der Waals surface area contributed by atoms with Gasteiger partial charge in [0.25, 0.3) is 0 Å². The van der Waals surface area contributed by atoms with Gasteiger partial charge < -0.3 is 139 Å². The second-order valence-electron chi connectivity index (χ2n) is 20.7. The Kier molecular flexibility index (Phi) is 20.9. The summed E-state index contributed by atoms with van der Waals surface area (Å²) in [4.78, 5) is 26.8. The van der Waals surface area contributed by atoms with E-state index >= 15 is 0 Å². The number of hydrogen-bond acceptors (Lipinski definition) is 30. The highest BCUT2D eigenvalue weighted by Crippen LogP contribution is 2.44. The van der Waals surface area contributed by atoms with Crippen molar-refractivity contribution in [3.05, 3.63) is 96.1 Å². The van der Waals surface area contributed by atoms with E-state index in [0.29, 0.717) is 5.56 Å². The first-order chi connectivity index (χ1) is 42.5. The number of benzene rings is 4. The molecule has 4 aliphatic heterocycles. The molecule has 482 valence electrons. The number of phenols is 4. The van der Waals surface area contributed by atoms with Crippen LogP contribution in [-0.4, -0.2) is 251 Å². The maximum Gasteiger partial charge on any atom is 0.402 e. The van der Waals surface area contributed by atoms with Gasteiger partial charge in [0.2, 0.25) is 30.4 Å². The fraction of sp³-hybridized carbons (Fsp3) is 0.431. The molecular formula is C58H65O31+. The van der Waals surface area contributed by atoms with Crippen molar-refractivity contribution in [1.29, 1.82) is 0 Å². The summed E-state index contributed by atoms with van der Waals surface area (Å²) in [5.41, 5.74) is 0.360. The van der Waals surface area contributed by atoms with Crippen LogP contribution in [0.15, 0.2) is 89.4 Å². The molecule has 5 heterocycles. The van der Waals surface area contributed by atoms with Crippen molar-refractivity contribution in [2.24, 2.45) is 0 Å². The normalized spacial score (nSPS) is 31.5. The quantitative estimate of drug-likeness (QED) is 0.0169. The summed E-state index contributed by atoms with van der Waals surface area (Å²) < 4.78 is 74.7. The van der Waals surface area contributed by atoms with Gasteiger partial charge in [0.05, 0.1) is 45.7 Å². The number of phenolic OH excluding ortho intramolecular Hbond substituents is 4. The first kappa shape index (κ1) is 65.7. The van der Waals surface area contributed by atoms with Crippen LogP contribution in [0, 0.1) is 0 Å². The third kappa shape index (κ3) is 14.6. The number of esters is 2. The van der Waals surface area contributed by atoms with Crippen LogP contribution < -0.4 is 23.7 Å². The molecule has 4 fully saturated rings. The van der Waals surface area contributed by atoms with Gasteiger partial charge in [-0.3, -0.25) is 0 Å². The topological polar surface area (TPSA) is 480 Å². The molecule has 4 aliphatic rings. The van der Waals surface area contributed by atoms with E-state index in [9.17, 15) is 91.3 Å². The molecule has 0 amide bonds. The lowest BCUT2D eigenvalue weighted by Crippen LogP contribution is -2.64. The fourth-order valence-corrected chi connectivity index (χ4v) is 9.76. The Bertz CT molecular complexity index is 3300. The summed E-state index contributed by atoms with van der Waals surface area (Å²) in [5, 5.41) is 170. The zero-order valence-corrected chi connectivity index (χ0v) is 46.8. The van der Waals surface area contributed by atoms with E-state index in [-0.39, 0.29) is 56.6 Å². The average Bonchev–Trinajstić information content (AvgIpc) is 1.14. The second-order valence-corrected chi connectivity index (χ2v) is 20.7. The summed E-state index contributed by atoms with van der Waals surface area (Å²) in [6.07, 6.45) is -29.9. The van der Waals surface area contributed by atoms with Gasteiger partial charge in [-0.05, 0) is 59.7 Å². The molecule has 19 atom stereocenters. The number of methoxy groups -OCH3 is 2. The minimum absolute atomic E-state index is 0.0204. The van der Waals surface area contributed by atoms with E-state index in [1.54, 1.807) is 0 Å². The Morgan fingerprint density at radius 1 is 0.551 bits per heavy atom. The maximum atomic E-state index is 13.5. The van der Waals surface area contributed by atoms with Crippen LogP contribution in [0.2, 0.25) is 0 Å². The molecule has 16 N–H and O–H groups in total. The summed E-state index contributed by atoms with van der Waals surface area (Å²) in [5.74, 6) is -5.41. The minimum Gasteiger partial charge on any atom is -0.507 e.